The van der Waals surface area contributed by atoms with Gasteiger partial charge in [0.25, 0.3) is 0 Å². The Balaban J connectivity index is 2.06. The Kier molecular flexibility index (Phi) is 4.63. The number of sulfone groups is 1. The van der Waals surface area contributed by atoms with Gasteiger partial charge >= 0.3 is 0 Å². The largest absolute Gasteiger partial charge is 0.341 e. The molecule has 0 radical (unpaired) electrons. The number of hydrogen-bond donors (Lipinski definition) is 1. The molecule has 2 N–H and O–H groups in total. The van der Waals surface area contributed by atoms with Crippen molar-refractivity contribution in [1.29, 1.82) is 0 Å². The van der Waals surface area contributed by atoms with Gasteiger partial charge in [-0.2, -0.15) is 0 Å². The van der Waals surface area contributed by atoms with E-state index in [1.807, 2.05) is 0 Å². The number of amides is 1. The van der Waals surface area contributed by atoms with Gasteiger partial charge in [0.15, 0.2) is 9.84 Å². The molecule has 1 amide bonds. The molecule has 1 aliphatic heterocycles. The van der Waals surface area contributed by atoms with Gasteiger partial charge in [0, 0.05) is 25.6 Å². The van der Waals surface area contributed by atoms with Crippen LogP contribution in [0.25, 0.3) is 0 Å². The van der Waals surface area contributed by atoms with E-state index in [-0.39, 0.29) is 23.3 Å². The highest BCUT2D eigenvalue weighted by Crippen LogP contribution is 2.20. The second-order valence-electron chi connectivity index (χ2n) is 5.40. The summed E-state index contributed by atoms with van der Waals surface area (Å²) in [6.07, 6.45) is 0.650. The van der Waals surface area contributed by atoms with E-state index in [2.05, 4.69) is 0 Å². The minimum atomic E-state index is -3.64. The Bertz CT molecular complexity index is 616. The predicted molar refractivity (Wildman–Crippen MR) is 76.8 cm³/mol. The van der Waals surface area contributed by atoms with Gasteiger partial charge in [-0.15, -0.1) is 0 Å². The Morgan fingerprint density at radius 3 is 2.57 bits per heavy atom. The summed E-state index contributed by atoms with van der Waals surface area (Å²) < 4.78 is 37.5. The van der Waals surface area contributed by atoms with Crippen LogP contribution in [0.3, 0.4) is 0 Å². The zero-order chi connectivity index (χ0) is 15.6. The summed E-state index contributed by atoms with van der Waals surface area (Å²) in [5.74, 6) is -0.704. The molecule has 0 unspecified atom stereocenters. The first-order chi connectivity index (χ1) is 9.80. The quantitative estimate of drug-likeness (QED) is 0.839. The number of benzene rings is 1. The standard InChI is InChI=1S/C14H19FN2O3S/c1-10(8-14(18)17-7-6-12(16)9-17)21(19,20)13-4-2-11(15)3-5-13/h2-5,10,12H,6-9,16H2,1H3/t10-,12-/m1/s1. The fraction of sp³-hybridized carbons (Fsp3) is 0.500. The lowest BCUT2D eigenvalue weighted by Gasteiger charge is -2.19. The maximum atomic E-state index is 12.9. The van der Waals surface area contributed by atoms with Crippen molar-refractivity contribution in [3.8, 4) is 0 Å². The predicted octanol–water partition coefficient (Wildman–Crippen LogP) is 0.938. The van der Waals surface area contributed by atoms with Crippen molar-refractivity contribution in [2.24, 2.45) is 5.73 Å². The van der Waals surface area contributed by atoms with Gasteiger partial charge in [-0.05, 0) is 37.6 Å². The van der Waals surface area contributed by atoms with Crippen molar-refractivity contribution in [1.82, 2.24) is 4.90 Å². The van der Waals surface area contributed by atoms with Gasteiger partial charge in [-0.3, -0.25) is 4.79 Å². The highest BCUT2D eigenvalue weighted by Gasteiger charge is 2.30. The van der Waals surface area contributed by atoms with Gasteiger partial charge in [0.1, 0.15) is 5.82 Å². The van der Waals surface area contributed by atoms with E-state index in [0.717, 1.165) is 18.6 Å². The molecule has 2 rings (SSSR count). The molecule has 1 aromatic rings. The van der Waals surface area contributed by atoms with Crippen molar-refractivity contribution in [2.75, 3.05) is 13.1 Å². The molecule has 1 fully saturated rings. The monoisotopic (exact) mass is 314 g/mol. The minimum absolute atomic E-state index is 0.0297. The number of halogens is 1. The van der Waals surface area contributed by atoms with Crippen LogP contribution in [0.15, 0.2) is 29.2 Å². The third-order valence-electron chi connectivity index (χ3n) is 3.71. The maximum absolute atomic E-state index is 12.9. The lowest BCUT2D eigenvalue weighted by atomic mass is 10.3. The highest BCUT2D eigenvalue weighted by molar-refractivity contribution is 7.92. The Hall–Kier alpha value is -1.47. The highest BCUT2D eigenvalue weighted by atomic mass is 32.2. The van der Waals surface area contributed by atoms with Gasteiger partial charge in [-0.1, -0.05) is 0 Å². The van der Waals surface area contributed by atoms with Crippen LogP contribution in [0.1, 0.15) is 19.8 Å². The molecule has 1 aliphatic rings. The first-order valence-corrected chi connectivity index (χ1v) is 8.38. The summed E-state index contributed by atoms with van der Waals surface area (Å²) in [6.45, 7) is 2.54. The van der Waals surface area contributed by atoms with Crippen LogP contribution in [0.4, 0.5) is 4.39 Å². The molecule has 5 nitrogen and oxygen atoms in total. The van der Waals surface area contributed by atoms with Crippen molar-refractivity contribution < 1.29 is 17.6 Å². The lowest BCUT2D eigenvalue weighted by Crippen LogP contribution is -2.35. The average molecular weight is 314 g/mol. The van der Waals surface area contributed by atoms with E-state index < -0.39 is 20.9 Å². The van der Waals surface area contributed by atoms with Crippen LogP contribution < -0.4 is 5.73 Å². The summed E-state index contributed by atoms with van der Waals surface area (Å²) in [6, 6.07) is 4.61. The van der Waals surface area contributed by atoms with Crippen LogP contribution in [-0.2, 0) is 14.6 Å². The molecule has 0 bridgehead atoms. The van der Waals surface area contributed by atoms with Crippen LogP contribution in [-0.4, -0.2) is 43.6 Å². The van der Waals surface area contributed by atoms with E-state index in [1.165, 1.54) is 19.1 Å². The van der Waals surface area contributed by atoms with Crippen molar-refractivity contribution >= 4 is 15.7 Å². The number of carbonyl (C=O) groups is 1. The molecule has 1 saturated heterocycles. The van der Waals surface area contributed by atoms with Crippen molar-refractivity contribution in [3.05, 3.63) is 30.1 Å². The van der Waals surface area contributed by atoms with E-state index in [9.17, 15) is 17.6 Å². The van der Waals surface area contributed by atoms with Gasteiger partial charge < -0.3 is 10.6 Å². The summed E-state index contributed by atoms with van der Waals surface area (Å²) >= 11 is 0. The average Bonchev–Trinajstić information content (AvgIpc) is 2.86. The van der Waals surface area contributed by atoms with E-state index in [1.54, 1.807) is 4.90 Å². The number of hydrogen-bond acceptors (Lipinski definition) is 4. The molecule has 2 atom stereocenters. The number of nitrogens with two attached hydrogens (primary N) is 1. The molecule has 116 valence electrons. The van der Waals surface area contributed by atoms with Gasteiger partial charge in [0.05, 0.1) is 10.1 Å². The topological polar surface area (TPSA) is 80.5 Å². The van der Waals surface area contributed by atoms with E-state index >= 15 is 0 Å². The fourth-order valence-electron chi connectivity index (χ4n) is 2.36. The third kappa shape index (κ3) is 3.59. The first-order valence-electron chi connectivity index (χ1n) is 6.83. The molecule has 0 saturated carbocycles. The number of carbonyl (C=O) groups excluding carboxylic acids is 1. The van der Waals surface area contributed by atoms with Crippen molar-refractivity contribution in [3.63, 3.8) is 0 Å². The number of rotatable bonds is 4. The van der Waals surface area contributed by atoms with E-state index in [4.69, 9.17) is 5.73 Å². The summed E-state index contributed by atoms with van der Waals surface area (Å²) in [5, 5.41) is -0.854. The second kappa shape index (κ2) is 6.11. The minimum Gasteiger partial charge on any atom is -0.341 e. The second-order valence-corrected chi connectivity index (χ2v) is 7.77. The fourth-order valence-corrected chi connectivity index (χ4v) is 3.70. The molecule has 0 spiro atoms. The summed E-state index contributed by atoms with van der Waals surface area (Å²) in [5.41, 5.74) is 5.74. The number of nitrogens with zero attached hydrogens (tertiary/aromatic N) is 1. The smallest absolute Gasteiger partial charge is 0.223 e. The lowest BCUT2D eigenvalue weighted by molar-refractivity contribution is -0.130. The molecular formula is C14H19FN2O3S. The van der Waals surface area contributed by atoms with E-state index in [0.29, 0.717) is 13.1 Å². The normalized spacial score (nSPS) is 20.5. The first kappa shape index (κ1) is 15.9. The summed E-state index contributed by atoms with van der Waals surface area (Å²) in [4.78, 5) is 13.7. The SMILES string of the molecule is C[C@H](CC(=O)N1CC[C@@H](N)C1)S(=O)(=O)c1ccc(F)cc1. The maximum Gasteiger partial charge on any atom is 0.223 e. The zero-order valence-corrected chi connectivity index (χ0v) is 12.6. The van der Waals surface area contributed by atoms with Crippen LogP contribution in [0.5, 0.6) is 0 Å². The van der Waals surface area contributed by atoms with Crippen LogP contribution in [0.2, 0.25) is 0 Å². The van der Waals surface area contributed by atoms with Crippen LogP contribution in [0, 0.1) is 5.82 Å². The molecule has 0 aromatic heterocycles. The van der Waals surface area contributed by atoms with Gasteiger partial charge in [0.2, 0.25) is 5.91 Å². The van der Waals surface area contributed by atoms with Gasteiger partial charge in [-0.25, -0.2) is 12.8 Å². The molecule has 7 heteroatoms. The molecular weight excluding hydrogens is 295 g/mol. The zero-order valence-electron chi connectivity index (χ0n) is 11.8. The number of likely N-dealkylation sites (tertiary alicyclic amines) is 1. The Morgan fingerprint density at radius 1 is 1.43 bits per heavy atom. The van der Waals surface area contributed by atoms with Crippen molar-refractivity contribution in [2.45, 2.75) is 36.0 Å². The molecule has 1 heterocycles. The molecule has 1 aromatic carbocycles. The molecule has 0 aliphatic carbocycles. The Labute approximate surface area is 123 Å². The molecule has 21 heavy (non-hydrogen) atoms. The van der Waals surface area contributed by atoms with Crippen LogP contribution >= 0.6 is 0 Å². The Morgan fingerprint density at radius 2 is 2.05 bits per heavy atom. The third-order valence-corrected chi connectivity index (χ3v) is 5.87. The summed E-state index contributed by atoms with van der Waals surface area (Å²) in [7, 11) is -3.64.